The zero-order valence-electron chi connectivity index (χ0n) is 9.81. The van der Waals surface area contributed by atoms with E-state index < -0.39 is 0 Å². The lowest BCUT2D eigenvalue weighted by molar-refractivity contribution is -0.137. The van der Waals surface area contributed by atoms with Crippen molar-refractivity contribution in [3.63, 3.8) is 0 Å². The fourth-order valence-electron chi connectivity index (χ4n) is 2.46. The summed E-state index contributed by atoms with van der Waals surface area (Å²) in [6, 6.07) is 0. The van der Waals surface area contributed by atoms with E-state index in [2.05, 4.69) is 19.2 Å². The summed E-state index contributed by atoms with van der Waals surface area (Å²) < 4.78 is 0. The van der Waals surface area contributed by atoms with Crippen molar-refractivity contribution in [2.45, 2.75) is 51.5 Å². The first-order valence-electron chi connectivity index (χ1n) is 6.03. The molecule has 0 spiro atoms. The SMILES string of the molecule is CC(C)(NC(=O)C1(CN)CCC1)C1CC1. The van der Waals surface area contributed by atoms with E-state index in [1.807, 2.05) is 0 Å². The molecule has 3 heteroatoms. The molecule has 0 aromatic carbocycles. The summed E-state index contributed by atoms with van der Waals surface area (Å²) in [6.07, 6.45) is 5.59. The maximum Gasteiger partial charge on any atom is 0.227 e. The molecule has 2 saturated carbocycles. The molecule has 0 heterocycles. The van der Waals surface area contributed by atoms with Gasteiger partial charge in [-0.15, -0.1) is 0 Å². The summed E-state index contributed by atoms with van der Waals surface area (Å²) in [6.45, 7) is 4.76. The standard InChI is InChI=1S/C12H22N2O/c1-11(2,9-4-5-9)14-10(15)12(8-13)6-3-7-12/h9H,3-8,13H2,1-2H3,(H,14,15). The van der Waals surface area contributed by atoms with Crippen molar-refractivity contribution in [2.75, 3.05) is 6.54 Å². The second-order valence-electron chi connectivity index (χ2n) is 5.79. The number of nitrogens with two attached hydrogens (primary N) is 1. The van der Waals surface area contributed by atoms with E-state index in [0.717, 1.165) is 19.3 Å². The third kappa shape index (κ3) is 1.89. The van der Waals surface area contributed by atoms with Crippen LogP contribution in [0.25, 0.3) is 0 Å². The maximum atomic E-state index is 12.1. The highest BCUT2D eigenvalue weighted by molar-refractivity contribution is 5.84. The van der Waals surface area contributed by atoms with Gasteiger partial charge in [0.1, 0.15) is 0 Å². The average molecular weight is 210 g/mol. The minimum Gasteiger partial charge on any atom is -0.350 e. The largest absolute Gasteiger partial charge is 0.350 e. The lowest BCUT2D eigenvalue weighted by atomic mass is 9.67. The number of rotatable bonds is 4. The Morgan fingerprint density at radius 2 is 2.07 bits per heavy atom. The molecule has 0 radical (unpaired) electrons. The van der Waals surface area contributed by atoms with Gasteiger partial charge >= 0.3 is 0 Å². The van der Waals surface area contributed by atoms with Gasteiger partial charge in [-0.1, -0.05) is 6.42 Å². The van der Waals surface area contributed by atoms with Crippen LogP contribution in [0.15, 0.2) is 0 Å². The molecule has 0 aromatic heterocycles. The van der Waals surface area contributed by atoms with Crippen molar-refractivity contribution in [1.82, 2.24) is 5.32 Å². The van der Waals surface area contributed by atoms with Crippen LogP contribution in [0.4, 0.5) is 0 Å². The molecule has 1 amide bonds. The summed E-state index contributed by atoms with van der Waals surface area (Å²) in [5.41, 5.74) is 5.46. The van der Waals surface area contributed by atoms with E-state index in [1.54, 1.807) is 0 Å². The Hall–Kier alpha value is -0.570. The van der Waals surface area contributed by atoms with Gasteiger partial charge in [0.2, 0.25) is 5.91 Å². The van der Waals surface area contributed by atoms with Crippen LogP contribution < -0.4 is 11.1 Å². The second-order valence-corrected chi connectivity index (χ2v) is 5.79. The molecule has 2 rings (SSSR count). The minimum absolute atomic E-state index is 0.0329. The van der Waals surface area contributed by atoms with Crippen molar-refractivity contribution in [1.29, 1.82) is 0 Å². The van der Waals surface area contributed by atoms with Crippen molar-refractivity contribution < 1.29 is 4.79 Å². The first kappa shape index (κ1) is 10.9. The summed E-state index contributed by atoms with van der Waals surface area (Å²) in [5, 5.41) is 3.19. The molecular weight excluding hydrogens is 188 g/mol. The molecule has 0 aliphatic heterocycles. The zero-order chi connectivity index (χ0) is 11.1. The van der Waals surface area contributed by atoms with Gasteiger partial charge in [-0.25, -0.2) is 0 Å². The summed E-state index contributed by atoms with van der Waals surface area (Å²) in [7, 11) is 0. The monoisotopic (exact) mass is 210 g/mol. The first-order chi connectivity index (χ1) is 7.00. The average Bonchev–Trinajstić information content (AvgIpc) is 2.83. The minimum atomic E-state index is -0.230. The topological polar surface area (TPSA) is 55.1 Å². The first-order valence-corrected chi connectivity index (χ1v) is 6.03. The predicted octanol–water partition coefficient (Wildman–Crippen LogP) is 1.42. The van der Waals surface area contributed by atoms with Gasteiger partial charge in [0.25, 0.3) is 0 Å². The van der Waals surface area contributed by atoms with Gasteiger partial charge in [0.05, 0.1) is 5.41 Å². The molecule has 0 aromatic rings. The molecule has 0 saturated heterocycles. The number of carbonyl (C=O) groups is 1. The summed E-state index contributed by atoms with van der Waals surface area (Å²) in [5.74, 6) is 0.865. The van der Waals surface area contributed by atoms with E-state index in [9.17, 15) is 4.79 Å². The molecule has 3 nitrogen and oxygen atoms in total. The Kier molecular flexibility index (Phi) is 2.53. The van der Waals surface area contributed by atoms with Crippen LogP contribution in [0.5, 0.6) is 0 Å². The van der Waals surface area contributed by atoms with Crippen LogP contribution in [0.2, 0.25) is 0 Å². The number of amides is 1. The smallest absolute Gasteiger partial charge is 0.227 e. The highest BCUT2D eigenvalue weighted by Gasteiger charge is 2.46. The second kappa shape index (κ2) is 3.48. The molecule has 0 atom stereocenters. The highest BCUT2D eigenvalue weighted by Crippen LogP contribution is 2.43. The van der Waals surface area contributed by atoms with Crippen LogP contribution in [0.3, 0.4) is 0 Å². The number of hydrogen-bond acceptors (Lipinski definition) is 2. The molecule has 2 aliphatic rings. The Labute approximate surface area is 91.8 Å². The normalized spacial score (nSPS) is 24.5. The predicted molar refractivity (Wildman–Crippen MR) is 60.3 cm³/mol. The van der Waals surface area contributed by atoms with E-state index in [1.165, 1.54) is 12.8 Å². The Balaban J connectivity index is 1.96. The molecular formula is C12H22N2O. The maximum absolute atomic E-state index is 12.1. The number of carbonyl (C=O) groups excluding carboxylic acids is 1. The van der Waals surface area contributed by atoms with Gasteiger partial charge < -0.3 is 11.1 Å². The lowest BCUT2D eigenvalue weighted by Gasteiger charge is -2.41. The zero-order valence-corrected chi connectivity index (χ0v) is 9.81. The van der Waals surface area contributed by atoms with Crippen LogP contribution in [0.1, 0.15) is 46.0 Å². The quantitative estimate of drug-likeness (QED) is 0.737. The molecule has 0 bridgehead atoms. The molecule has 3 N–H and O–H groups in total. The Morgan fingerprint density at radius 1 is 1.47 bits per heavy atom. The van der Waals surface area contributed by atoms with E-state index in [0.29, 0.717) is 12.5 Å². The van der Waals surface area contributed by atoms with Crippen LogP contribution in [-0.4, -0.2) is 18.0 Å². The van der Waals surface area contributed by atoms with Crippen molar-refractivity contribution in [2.24, 2.45) is 17.1 Å². The van der Waals surface area contributed by atoms with E-state index in [4.69, 9.17) is 5.73 Å². The molecule has 2 aliphatic carbocycles. The summed E-state index contributed by atoms with van der Waals surface area (Å²) >= 11 is 0. The van der Waals surface area contributed by atoms with Crippen LogP contribution in [-0.2, 0) is 4.79 Å². The third-order valence-corrected chi connectivity index (χ3v) is 4.22. The number of nitrogens with one attached hydrogen (secondary N) is 1. The number of hydrogen-bond donors (Lipinski definition) is 2. The van der Waals surface area contributed by atoms with Crippen molar-refractivity contribution in [3.05, 3.63) is 0 Å². The lowest BCUT2D eigenvalue weighted by Crippen LogP contribution is -2.56. The fraction of sp³-hybridized carbons (Fsp3) is 0.917. The van der Waals surface area contributed by atoms with Crippen molar-refractivity contribution in [3.8, 4) is 0 Å². The Bertz CT molecular complexity index is 259. The summed E-state index contributed by atoms with van der Waals surface area (Å²) in [4.78, 5) is 12.1. The molecule has 2 fully saturated rings. The molecule has 86 valence electrons. The van der Waals surface area contributed by atoms with E-state index >= 15 is 0 Å². The van der Waals surface area contributed by atoms with Crippen LogP contribution in [0, 0.1) is 11.3 Å². The van der Waals surface area contributed by atoms with Gasteiger partial charge in [-0.2, -0.15) is 0 Å². The molecule has 0 unspecified atom stereocenters. The third-order valence-electron chi connectivity index (χ3n) is 4.22. The van der Waals surface area contributed by atoms with Gasteiger partial charge in [-0.3, -0.25) is 4.79 Å². The van der Waals surface area contributed by atoms with Crippen molar-refractivity contribution >= 4 is 5.91 Å². The van der Waals surface area contributed by atoms with E-state index in [-0.39, 0.29) is 16.9 Å². The highest BCUT2D eigenvalue weighted by atomic mass is 16.2. The van der Waals surface area contributed by atoms with Gasteiger partial charge in [0.15, 0.2) is 0 Å². The Morgan fingerprint density at radius 3 is 2.40 bits per heavy atom. The molecule has 15 heavy (non-hydrogen) atoms. The van der Waals surface area contributed by atoms with Crippen LogP contribution >= 0.6 is 0 Å². The van der Waals surface area contributed by atoms with Gasteiger partial charge in [-0.05, 0) is 45.4 Å². The fourth-order valence-corrected chi connectivity index (χ4v) is 2.46. The van der Waals surface area contributed by atoms with Gasteiger partial charge in [0, 0.05) is 12.1 Å².